The fourth-order valence-corrected chi connectivity index (χ4v) is 2.42. The van der Waals surface area contributed by atoms with Crippen LogP contribution in [0.4, 0.5) is 0 Å². The first-order valence-electron chi connectivity index (χ1n) is 7.05. The molecule has 0 unspecified atom stereocenters. The van der Waals surface area contributed by atoms with E-state index >= 15 is 0 Å². The zero-order valence-electron chi connectivity index (χ0n) is 12.6. The highest BCUT2D eigenvalue weighted by Crippen LogP contribution is 2.23. The minimum atomic E-state index is -0.570. The lowest BCUT2D eigenvalue weighted by molar-refractivity contribution is 0.0525. The van der Waals surface area contributed by atoms with Crippen LogP contribution < -0.4 is 5.43 Å². The van der Waals surface area contributed by atoms with Gasteiger partial charge in [0.15, 0.2) is 5.43 Å². The molecule has 110 valence electrons. The lowest BCUT2D eigenvalue weighted by Crippen LogP contribution is -2.23. The Morgan fingerprint density at radius 1 is 1.19 bits per heavy atom. The second kappa shape index (κ2) is 6.39. The molecule has 0 bridgehead atoms. The van der Waals surface area contributed by atoms with E-state index in [0.29, 0.717) is 12.1 Å². The fourth-order valence-electron chi connectivity index (χ4n) is 2.42. The second-order valence-corrected chi connectivity index (χ2v) is 4.72. The highest BCUT2D eigenvalue weighted by molar-refractivity contribution is 5.96. The topological polar surface area (TPSA) is 48.3 Å². The molecule has 4 nitrogen and oxygen atoms in total. The molecule has 0 aliphatic carbocycles. The standard InChI is InChI=1S/C17H19NO3/c1-4-13-11-14(19)15(17(20)21-5-2)16(18(13)3)12-9-7-6-8-10-12/h6-11H,4-5H2,1-3H3. The molecule has 0 aliphatic heterocycles. The van der Waals surface area contributed by atoms with E-state index in [1.54, 1.807) is 6.92 Å². The van der Waals surface area contributed by atoms with Gasteiger partial charge in [-0.1, -0.05) is 37.3 Å². The normalized spacial score (nSPS) is 10.4. The van der Waals surface area contributed by atoms with Gasteiger partial charge >= 0.3 is 5.97 Å². The molecule has 0 saturated carbocycles. The number of aromatic nitrogens is 1. The Morgan fingerprint density at radius 2 is 1.86 bits per heavy atom. The number of aryl methyl sites for hydroxylation is 1. The Labute approximate surface area is 124 Å². The predicted octanol–water partition coefficient (Wildman–Crippen LogP) is 2.79. The SMILES string of the molecule is CCOC(=O)c1c(-c2ccccc2)n(C)c(CC)cc1=O. The Kier molecular flexibility index (Phi) is 4.58. The van der Waals surface area contributed by atoms with E-state index < -0.39 is 5.97 Å². The van der Waals surface area contributed by atoms with E-state index in [0.717, 1.165) is 11.3 Å². The maximum atomic E-state index is 12.3. The molecule has 0 atom stereocenters. The molecule has 0 radical (unpaired) electrons. The summed E-state index contributed by atoms with van der Waals surface area (Å²) in [6, 6.07) is 10.9. The molecule has 0 amide bonds. The summed E-state index contributed by atoms with van der Waals surface area (Å²) in [6.07, 6.45) is 0.717. The number of ether oxygens (including phenoxy) is 1. The van der Waals surface area contributed by atoms with Crippen LogP contribution in [0.3, 0.4) is 0 Å². The van der Waals surface area contributed by atoms with Crippen LogP contribution in [0.25, 0.3) is 11.3 Å². The van der Waals surface area contributed by atoms with Crippen molar-refractivity contribution in [3.05, 3.63) is 57.9 Å². The number of carbonyl (C=O) groups is 1. The smallest absolute Gasteiger partial charge is 0.344 e. The van der Waals surface area contributed by atoms with Gasteiger partial charge in [0.25, 0.3) is 0 Å². The molecule has 1 aromatic carbocycles. The summed E-state index contributed by atoms with van der Waals surface area (Å²) in [4.78, 5) is 24.5. The Bertz CT molecular complexity index is 702. The number of hydrogen-bond acceptors (Lipinski definition) is 3. The average molecular weight is 285 g/mol. The summed E-state index contributed by atoms with van der Waals surface area (Å²) in [5.41, 5.74) is 2.13. The average Bonchev–Trinajstić information content (AvgIpc) is 2.49. The van der Waals surface area contributed by atoms with Crippen molar-refractivity contribution >= 4 is 5.97 Å². The second-order valence-electron chi connectivity index (χ2n) is 4.72. The van der Waals surface area contributed by atoms with Crippen molar-refractivity contribution in [1.82, 2.24) is 4.57 Å². The zero-order chi connectivity index (χ0) is 15.4. The van der Waals surface area contributed by atoms with Gasteiger partial charge in [-0.2, -0.15) is 0 Å². The van der Waals surface area contributed by atoms with Gasteiger partial charge in [0, 0.05) is 18.8 Å². The largest absolute Gasteiger partial charge is 0.462 e. The molecule has 4 heteroatoms. The van der Waals surface area contributed by atoms with Gasteiger partial charge in [-0.3, -0.25) is 4.79 Å². The quantitative estimate of drug-likeness (QED) is 0.812. The van der Waals surface area contributed by atoms with Crippen LogP contribution in [0.1, 0.15) is 29.9 Å². The third-order valence-corrected chi connectivity index (χ3v) is 3.44. The van der Waals surface area contributed by atoms with E-state index in [-0.39, 0.29) is 17.6 Å². The Balaban J connectivity index is 2.78. The molecular weight excluding hydrogens is 266 g/mol. The van der Waals surface area contributed by atoms with Crippen molar-refractivity contribution in [3.8, 4) is 11.3 Å². The number of pyridine rings is 1. The third-order valence-electron chi connectivity index (χ3n) is 3.44. The van der Waals surface area contributed by atoms with Crippen LogP contribution in [-0.2, 0) is 18.2 Å². The van der Waals surface area contributed by atoms with Gasteiger partial charge in [-0.05, 0) is 18.9 Å². The molecule has 0 N–H and O–H groups in total. The van der Waals surface area contributed by atoms with E-state index in [1.165, 1.54) is 6.07 Å². The lowest BCUT2D eigenvalue weighted by atomic mass is 10.0. The Morgan fingerprint density at radius 3 is 2.43 bits per heavy atom. The number of nitrogens with zero attached hydrogens (tertiary/aromatic N) is 1. The number of carbonyl (C=O) groups excluding carboxylic acids is 1. The summed E-state index contributed by atoms with van der Waals surface area (Å²) >= 11 is 0. The molecule has 1 aromatic heterocycles. The van der Waals surface area contributed by atoms with Gasteiger partial charge in [0.2, 0.25) is 0 Å². The van der Waals surface area contributed by atoms with E-state index in [4.69, 9.17) is 4.74 Å². The minimum Gasteiger partial charge on any atom is -0.462 e. The molecule has 2 rings (SSSR count). The van der Waals surface area contributed by atoms with Crippen molar-refractivity contribution < 1.29 is 9.53 Å². The highest BCUT2D eigenvalue weighted by Gasteiger charge is 2.21. The number of esters is 1. The maximum Gasteiger partial charge on any atom is 0.344 e. The van der Waals surface area contributed by atoms with E-state index in [1.807, 2.05) is 48.9 Å². The first-order valence-corrected chi connectivity index (χ1v) is 7.05. The monoisotopic (exact) mass is 285 g/mol. The van der Waals surface area contributed by atoms with Gasteiger partial charge in [0.05, 0.1) is 12.3 Å². The molecule has 1 heterocycles. The zero-order valence-corrected chi connectivity index (χ0v) is 12.6. The summed E-state index contributed by atoms with van der Waals surface area (Å²) in [5, 5.41) is 0. The maximum absolute atomic E-state index is 12.3. The van der Waals surface area contributed by atoms with Crippen LogP contribution in [0, 0.1) is 0 Å². The first kappa shape index (κ1) is 15.0. The lowest BCUT2D eigenvalue weighted by Gasteiger charge is -2.17. The molecule has 21 heavy (non-hydrogen) atoms. The molecule has 2 aromatic rings. The number of hydrogen-bond donors (Lipinski definition) is 0. The van der Waals surface area contributed by atoms with E-state index in [9.17, 15) is 9.59 Å². The summed E-state index contributed by atoms with van der Waals surface area (Å²) in [6.45, 7) is 3.95. The van der Waals surface area contributed by atoms with Crippen molar-refractivity contribution in [2.45, 2.75) is 20.3 Å². The molecule has 0 saturated heterocycles. The first-order chi connectivity index (χ1) is 10.1. The molecule has 0 spiro atoms. The van der Waals surface area contributed by atoms with Crippen LogP contribution >= 0.6 is 0 Å². The number of rotatable bonds is 4. The molecule has 0 fully saturated rings. The Hall–Kier alpha value is -2.36. The van der Waals surface area contributed by atoms with Crippen molar-refractivity contribution in [1.29, 1.82) is 0 Å². The fraction of sp³-hybridized carbons (Fsp3) is 0.294. The summed E-state index contributed by atoms with van der Waals surface area (Å²) < 4.78 is 6.94. The van der Waals surface area contributed by atoms with Gasteiger partial charge in [-0.15, -0.1) is 0 Å². The van der Waals surface area contributed by atoms with Crippen LogP contribution in [0.2, 0.25) is 0 Å². The minimum absolute atomic E-state index is 0.0998. The predicted molar refractivity (Wildman–Crippen MR) is 82.5 cm³/mol. The highest BCUT2D eigenvalue weighted by atomic mass is 16.5. The summed E-state index contributed by atoms with van der Waals surface area (Å²) in [5.74, 6) is -0.570. The van der Waals surface area contributed by atoms with Crippen molar-refractivity contribution in [2.24, 2.45) is 7.05 Å². The third kappa shape index (κ3) is 2.89. The van der Waals surface area contributed by atoms with Crippen LogP contribution in [0.15, 0.2) is 41.2 Å². The molecular formula is C17H19NO3. The van der Waals surface area contributed by atoms with Gasteiger partial charge in [-0.25, -0.2) is 4.79 Å². The van der Waals surface area contributed by atoms with Crippen LogP contribution in [-0.4, -0.2) is 17.1 Å². The van der Waals surface area contributed by atoms with Gasteiger partial charge < -0.3 is 9.30 Å². The van der Waals surface area contributed by atoms with Crippen molar-refractivity contribution in [2.75, 3.05) is 6.61 Å². The van der Waals surface area contributed by atoms with E-state index in [2.05, 4.69) is 0 Å². The van der Waals surface area contributed by atoms with Crippen LogP contribution in [0.5, 0.6) is 0 Å². The van der Waals surface area contributed by atoms with Gasteiger partial charge in [0.1, 0.15) is 5.56 Å². The van der Waals surface area contributed by atoms with Crippen molar-refractivity contribution in [3.63, 3.8) is 0 Å². The molecule has 0 aliphatic rings. The summed E-state index contributed by atoms with van der Waals surface area (Å²) in [7, 11) is 1.86. The number of benzene rings is 1.